The molecule has 1 aliphatic rings. The summed E-state index contributed by atoms with van der Waals surface area (Å²) in [5.41, 5.74) is 1.08. The Morgan fingerprint density at radius 3 is 2.57 bits per heavy atom. The van der Waals surface area contributed by atoms with E-state index in [1.807, 2.05) is 24.3 Å². The summed E-state index contributed by atoms with van der Waals surface area (Å²) in [5.74, 6) is 0.161. The number of halogens is 1. The zero-order chi connectivity index (χ0) is 19.5. The fourth-order valence-corrected chi connectivity index (χ4v) is 3.16. The highest BCUT2D eigenvalue weighted by Crippen LogP contribution is 2.31. The van der Waals surface area contributed by atoms with Crippen LogP contribution < -0.4 is 15.4 Å². The third-order valence-corrected chi connectivity index (χ3v) is 4.84. The molecule has 1 fully saturated rings. The Labute approximate surface area is 167 Å². The van der Waals surface area contributed by atoms with Crippen LogP contribution in [0.4, 0.5) is 5.69 Å². The summed E-state index contributed by atoms with van der Waals surface area (Å²) < 4.78 is 5.70. The molecule has 2 amide bonds. The van der Waals surface area contributed by atoms with E-state index >= 15 is 0 Å². The van der Waals surface area contributed by atoms with Crippen LogP contribution in [-0.2, 0) is 4.79 Å². The van der Waals surface area contributed by atoms with Crippen LogP contribution >= 0.6 is 11.6 Å². The molecule has 0 aromatic heterocycles. The number of rotatable bonds is 6. The first-order valence-electron chi connectivity index (χ1n) is 9.11. The highest BCUT2D eigenvalue weighted by molar-refractivity contribution is 6.35. The zero-order valence-electron chi connectivity index (χ0n) is 15.1. The quantitative estimate of drug-likeness (QED) is 0.651. The summed E-state index contributed by atoms with van der Waals surface area (Å²) in [6, 6.07) is 18.2. The lowest BCUT2D eigenvalue weighted by Crippen LogP contribution is -2.25. The van der Waals surface area contributed by atoms with Crippen molar-refractivity contribution in [3.8, 4) is 5.75 Å². The number of fused-ring (bicyclic) bond motifs is 1. The predicted octanol–water partition coefficient (Wildman–Crippen LogP) is 4.40. The molecule has 3 aromatic carbocycles. The molecule has 0 saturated heterocycles. The Morgan fingerprint density at radius 2 is 1.79 bits per heavy atom. The Balaban J connectivity index is 1.40. The second kappa shape index (κ2) is 7.90. The van der Waals surface area contributed by atoms with Gasteiger partial charge in [0.1, 0.15) is 5.75 Å². The lowest BCUT2D eigenvalue weighted by molar-refractivity contribution is -0.118. The Morgan fingerprint density at radius 1 is 1.00 bits per heavy atom. The fraction of sp³-hybridized carbons (Fsp3) is 0.182. The van der Waals surface area contributed by atoms with E-state index < -0.39 is 0 Å². The first-order valence-corrected chi connectivity index (χ1v) is 9.49. The van der Waals surface area contributed by atoms with Crippen molar-refractivity contribution in [3.63, 3.8) is 0 Å². The van der Waals surface area contributed by atoms with Gasteiger partial charge >= 0.3 is 0 Å². The van der Waals surface area contributed by atoms with Crippen molar-refractivity contribution in [2.24, 2.45) is 0 Å². The van der Waals surface area contributed by atoms with Gasteiger partial charge in [0, 0.05) is 33.1 Å². The molecule has 1 saturated carbocycles. The molecule has 28 heavy (non-hydrogen) atoms. The summed E-state index contributed by atoms with van der Waals surface area (Å²) in [4.78, 5) is 24.4. The van der Waals surface area contributed by atoms with E-state index in [2.05, 4.69) is 10.6 Å². The maximum absolute atomic E-state index is 12.3. The highest BCUT2D eigenvalue weighted by Gasteiger charge is 2.23. The molecule has 0 aliphatic heterocycles. The second-order valence-corrected chi connectivity index (χ2v) is 7.16. The highest BCUT2D eigenvalue weighted by atomic mass is 35.5. The largest absolute Gasteiger partial charge is 0.483 e. The van der Waals surface area contributed by atoms with Gasteiger partial charge in [-0.1, -0.05) is 41.9 Å². The molecule has 0 bridgehead atoms. The number of anilines is 1. The summed E-state index contributed by atoms with van der Waals surface area (Å²) >= 11 is 6.21. The van der Waals surface area contributed by atoms with Gasteiger partial charge in [-0.05, 0) is 43.2 Å². The van der Waals surface area contributed by atoms with Crippen molar-refractivity contribution in [3.05, 3.63) is 71.2 Å². The van der Waals surface area contributed by atoms with Crippen molar-refractivity contribution >= 4 is 39.9 Å². The van der Waals surface area contributed by atoms with Gasteiger partial charge in [0.2, 0.25) is 0 Å². The minimum atomic E-state index is -0.307. The average Bonchev–Trinajstić information content (AvgIpc) is 3.52. The second-order valence-electron chi connectivity index (χ2n) is 6.76. The van der Waals surface area contributed by atoms with Crippen LogP contribution in [0.1, 0.15) is 23.2 Å². The van der Waals surface area contributed by atoms with E-state index in [0.29, 0.717) is 22.0 Å². The molecule has 0 radical (unpaired) electrons. The van der Waals surface area contributed by atoms with Gasteiger partial charge in [0.05, 0.1) is 0 Å². The molecule has 0 spiro atoms. The van der Waals surface area contributed by atoms with E-state index in [1.54, 1.807) is 36.4 Å². The zero-order valence-corrected chi connectivity index (χ0v) is 15.8. The first kappa shape index (κ1) is 18.3. The van der Waals surface area contributed by atoms with Gasteiger partial charge in [-0.25, -0.2) is 0 Å². The molecule has 0 heterocycles. The van der Waals surface area contributed by atoms with E-state index in [4.69, 9.17) is 16.3 Å². The lowest BCUT2D eigenvalue weighted by atomic mass is 10.1. The molecule has 4 rings (SSSR count). The smallest absolute Gasteiger partial charge is 0.262 e. The summed E-state index contributed by atoms with van der Waals surface area (Å²) in [6.07, 6.45) is 2.05. The van der Waals surface area contributed by atoms with Crippen LogP contribution in [0.5, 0.6) is 5.75 Å². The third kappa shape index (κ3) is 4.26. The van der Waals surface area contributed by atoms with Crippen LogP contribution in [0.3, 0.4) is 0 Å². The molecule has 6 heteroatoms. The minimum absolute atomic E-state index is 0.123. The number of carbonyl (C=O) groups excluding carboxylic acids is 2. The average molecular weight is 395 g/mol. The maximum Gasteiger partial charge on any atom is 0.262 e. The van der Waals surface area contributed by atoms with Crippen molar-refractivity contribution in [1.82, 2.24) is 5.32 Å². The predicted molar refractivity (Wildman–Crippen MR) is 110 cm³/mol. The molecule has 0 unspecified atom stereocenters. The van der Waals surface area contributed by atoms with Gasteiger partial charge in [-0.15, -0.1) is 0 Å². The molecule has 3 aromatic rings. The normalized spacial score (nSPS) is 13.2. The topological polar surface area (TPSA) is 67.4 Å². The Hall–Kier alpha value is -3.05. The lowest BCUT2D eigenvalue weighted by Gasteiger charge is -2.11. The van der Waals surface area contributed by atoms with Crippen LogP contribution in [0.2, 0.25) is 5.02 Å². The van der Waals surface area contributed by atoms with Gasteiger partial charge in [-0.3, -0.25) is 9.59 Å². The van der Waals surface area contributed by atoms with Crippen molar-refractivity contribution < 1.29 is 14.3 Å². The van der Waals surface area contributed by atoms with Crippen molar-refractivity contribution in [2.75, 3.05) is 11.9 Å². The summed E-state index contributed by atoms with van der Waals surface area (Å²) in [5, 5.41) is 8.05. The number of ether oxygens (including phenoxy) is 1. The van der Waals surface area contributed by atoms with E-state index in [1.165, 1.54) is 0 Å². The molecule has 0 atom stereocenters. The standard InChI is InChI=1S/C22H19ClN2O3/c23-19-10-11-20(18-7-2-1-6-17(18)19)28-13-21(26)24-16-5-3-4-14(12-16)22(27)25-15-8-9-15/h1-7,10-12,15H,8-9,13H2,(H,24,26)(H,25,27). The van der Waals surface area contributed by atoms with Gasteiger partial charge in [-0.2, -0.15) is 0 Å². The molecule has 1 aliphatic carbocycles. The molecule has 142 valence electrons. The maximum atomic E-state index is 12.3. The number of nitrogens with one attached hydrogen (secondary N) is 2. The van der Waals surface area contributed by atoms with E-state index in [9.17, 15) is 9.59 Å². The fourth-order valence-electron chi connectivity index (χ4n) is 2.94. The van der Waals surface area contributed by atoms with E-state index in [-0.39, 0.29) is 24.5 Å². The summed E-state index contributed by atoms with van der Waals surface area (Å²) in [6.45, 7) is -0.149. The number of benzene rings is 3. The minimum Gasteiger partial charge on any atom is -0.483 e. The van der Waals surface area contributed by atoms with Crippen molar-refractivity contribution in [1.29, 1.82) is 0 Å². The van der Waals surface area contributed by atoms with Crippen LogP contribution in [-0.4, -0.2) is 24.5 Å². The van der Waals surface area contributed by atoms with Gasteiger partial charge in [0.15, 0.2) is 6.61 Å². The summed E-state index contributed by atoms with van der Waals surface area (Å²) in [7, 11) is 0. The van der Waals surface area contributed by atoms with Crippen molar-refractivity contribution in [2.45, 2.75) is 18.9 Å². The SMILES string of the molecule is O=C(COc1ccc(Cl)c2ccccc12)Nc1cccc(C(=O)NC2CC2)c1. The number of hydrogen-bond donors (Lipinski definition) is 2. The number of hydrogen-bond acceptors (Lipinski definition) is 3. The molecular weight excluding hydrogens is 376 g/mol. The molecular formula is C22H19ClN2O3. The van der Waals surface area contributed by atoms with Crippen LogP contribution in [0, 0.1) is 0 Å². The van der Waals surface area contributed by atoms with Gasteiger partial charge < -0.3 is 15.4 Å². The molecule has 5 nitrogen and oxygen atoms in total. The first-order chi connectivity index (χ1) is 13.6. The molecule has 2 N–H and O–H groups in total. The van der Waals surface area contributed by atoms with Crippen LogP contribution in [0.15, 0.2) is 60.7 Å². The van der Waals surface area contributed by atoms with E-state index in [0.717, 1.165) is 23.6 Å². The third-order valence-electron chi connectivity index (χ3n) is 4.51. The Bertz CT molecular complexity index is 1050. The number of amides is 2. The number of carbonyl (C=O) groups is 2. The Kier molecular flexibility index (Phi) is 5.17. The monoisotopic (exact) mass is 394 g/mol. The van der Waals surface area contributed by atoms with Gasteiger partial charge in [0.25, 0.3) is 11.8 Å². The van der Waals surface area contributed by atoms with Crippen LogP contribution in [0.25, 0.3) is 10.8 Å².